The van der Waals surface area contributed by atoms with Crippen molar-refractivity contribution in [3.8, 4) is 0 Å². The summed E-state index contributed by atoms with van der Waals surface area (Å²) in [5.41, 5.74) is 5.75. The molecular weight excluding hydrogens is 176 g/mol. The van der Waals surface area contributed by atoms with Crippen molar-refractivity contribution in [2.24, 2.45) is 5.73 Å². The molecule has 1 rings (SSSR count). The van der Waals surface area contributed by atoms with Crippen LogP contribution in [0.2, 0.25) is 0 Å². The fourth-order valence-corrected chi connectivity index (χ4v) is 2.05. The predicted octanol–water partition coefficient (Wildman–Crippen LogP) is 1.27. The first-order chi connectivity index (χ1) is 6.70. The van der Waals surface area contributed by atoms with Gasteiger partial charge in [0.15, 0.2) is 0 Å². The molecule has 3 heteroatoms. The number of nitrogens with one attached hydrogen (secondary N) is 1. The summed E-state index contributed by atoms with van der Waals surface area (Å²) in [6.07, 6.45) is 5.29. The van der Waals surface area contributed by atoms with Crippen molar-refractivity contribution in [1.29, 1.82) is 0 Å². The van der Waals surface area contributed by atoms with Crippen molar-refractivity contribution >= 4 is 0 Å². The SMILES string of the molecule is CCOCC(C)(CN)NC1CCCC1. The summed E-state index contributed by atoms with van der Waals surface area (Å²) < 4.78 is 5.46. The molecule has 0 spiro atoms. The van der Waals surface area contributed by atoms with Gasteiger partial charge in [0.05, 0.1) is 12.1 Å². The number of nitrogens with two attached hydrogens (primary N) is 1. The van der Waals surface area contributed by atoms with Gasteiger partial charge in [-0.3, -0.25) is 0 Å². The van der Waals surface area contributed by atoms with E-state index in [0.717, 1.165) is 13.2 Å². The van der Waals surface area contributed by atoms with Crippen LogP contribution in [-0.4, -0.2) is 31.3 Å². The summed E-state index contributed by atoms with van der Waals surface area (Å²) in [6, 6.07) is 0.656. The van der Waals surface area contributed by atoms with Crippen LogP contribution in [0.5, 0.6) is 0 Å². The molecule has 0 radical (unpaired) electrons. The average Bonchev–Trinajstić information content (AvgIpc) is 2.67. The van der Waals surface area contributed by atoms with E-state index in [1.165, 1.54) is 25.7 Å². The van der Waals surface area contributed by atoms with Crippen molar-refractivity contribution in [2.75, 3.05) is 19.8 Å². The Morgan fingerprint density at radius 3 is 2.57 bits per heavy atom. The highest BCUT2D eigenvalue weighted by Crippen LogP contribution is 2.20. The zero-order chi connectivity index (χ0) is 10.4. The van der Waals surface area contributed by atoms with Gasteiger partial charge < -0.3 is 15.8 Å². The molecule has 1 aliphatic rings. The van der Waals surface area contributed by atoms with Crippen LogP contribution in [0.25, 0.3) is 0 Å². The zero-order valence-electron chi connectivity index (χ0n) is 9.51. The van der Waals surface area contributed by atoms with E-state index in [-0.39, 0.29) is 5.54 Å². The van der Waals surface area contributed by atoms with Gasteiger partial charge in [0, 0.05) is 19.2 Å². The van der Waals surface area contributed by atoms with Gasteiger partial charge in [-0.05, 0) is 26.7 Å². The second kappa shape index (κ2) is 5.69. The highest BCUT2D eigenvalue weighted by molar-refractivity contribution is 4.89. The van der Waals surface area contributed by atoms with Gasteiger partial charge in [-0.2, -0.15) is 0 Å². The molecule has 0 saturated heterocycles. The van der Waals surface area contributed by atoms with Gasteiger partial charge in [0.25, 0.3) is 0 Å². The van der Waals surface area contributed by atoms with Crippen molar-refractivity contribution < 1.29 is 4.74 Å². The van der Waals surface area contributed by atoms with Crippen LogP contribution in [0.1, 0.15) is 39.5 Å². The maximum Gasteiger partial charge on any atom is 0.0657 e. The van der Waals surface area contributed by atoms with Crippen LogP contribution in [0.3, 0.4) is 0 Å². The molecule has 84 valence electrons. The highest BCUT2D eigenvalue weighted by atomic mass is 16.5. The first-order valence-corrected chi connectivity index (χ1v) is 5.75. The van der Waals surface area contributed by atoms with Crippen molar-refractivity contribution in [1.82, 2.24) is 5.32 Å². The molecule has 1 atom stereocenters. The van der Waals surface area contributed by atoms with Gasteiger partial charge >= 0.3 is 0 Å². The van der Waals surface area contributed by atoms with Crippen molar-refractivity contribution in [3.05, 3.63) is 0 Å². The lowest BCUT2D eigenvalue weighted by Gasteiger charge is -2.32. The van der Waals surface area contributed by atoms with Gasteiger partial charge in [0.2, 0.25) is 0 Å². The Bertz CT molecular complexity index is 157. The Kier molecular flexibility index (Phi) is 4.85. The van der Waals surface area contributed by atoms with E-state index in [1.54, 1.807) is 0 Å². The Balaban J connectivity index is 2.34. The van der Waals surface area contributed by atoms with Gasteiger partial charge in [-0.15, -0.1) is 0 Å². The van der Waals surface area contributed by atoms with Gasteiger partial charge in [0.1, 0.15) is 0 Å². The number of hydrogen-bond donors (Lipinski definition) is 2. The molecule has 1 aliphatic carbocycles. The molecule has 1 fully saturated rings. The van der Waals surface area contributed by atoms with E-state index in [9.17, 15) is 0 Å². The maximum atomic E-state index is 5.78. The Morgan fingerprint density at radius 2 is 2.07 bits per heavy atom. The molecule has 0 aromatic rings. The van der Waals surface area contributed by atoms with Crippen LogP contribution in [-0.2, 0) is 4.74 Å². The molecule has 0 heterocycles. The minimum atomic E-state index is -0.0367. The summed E-state index contributed by atoms with van der Waals surface area (Å²) in [4.78, 5) is 0. The first-order valence-electron chi connectivity index (χ1n) is 5.75. The third kappa shape index (κ3) is 3.56. The molecule has 14 heavy (non-hydrogen) atoms. The van der Waals surface area contributed by atoms with E-state index in [2.05, 4.69) is 12.2 Å². The van der Waals surface area contributed by atoms with Crippen LogP contribution in [0.15, 0.2) is 0 Å². The summed E-state index contributed by atoms with van der Waals surface area (Å²) in [5, 5.41) is 3.63. The third-order valence-corrected chi connectivity index (χ3v) is 2.98. The molecule has 0 aliphatic heterocycles. The Labute approximate surface area is 87.4 Å². The summed E-state index contributed by atoms with van der Waals surface area (Å²) in [5.74, 6) is 0. The lowest BCUT2D eigenvalue weighted by Crippen LogP contribution is -2.55. The fourth-order valence-electron chi connectivity index (χ4n) is 2.05. The number of ether oxygens (including phenoxy) is 1. The lowest BCUT2D eigenvalue weighted by atomic mass is 10.0. The third-order valence-electron chi connectivity index (χ3n) is 2.98. The monoisotopic (exact) mass is 200 g/mol. The van der Waals surface area contributed by atoms with Crippen molar-refractivity contribution in [3.63, 3.8) is 0 Å². The van der Waals surface area contributed by atoms with Crippen molar-refractivity contribution in [2.45, 2.75) is 51.1 Å². The minimum Gasteiger partial charge on any atom is -0.380 e. The van der Waals surface area contributed by atoms with E-state index < -0.39 is 0 Å². The second-order valence-electron chi connectivity index (χ2n) is 4.53. The maximum absolute atomic E-state index is 5.78. The molecule has 3 nitrogen and oxygen atoms in total. The van der Waals surface area contributed by atoms with Crippen LogP contribution >= 0.6 is 0 Å². The fraction of sp³-hybridized carbons (Fsp3) is 1.00. The summed E-state index contributed by atoms with van der Waals surface area (Å²) in [7, 11) is 0. The molecule has 3 N–H and O–H groups in total. The standard InChI is InChI=1S/C11H24N2O/c1-3-14-9-11(2,8-12)13-10-6-4-5-7-10/h10,13H,3-9,12H2,1-2H3. The molecule has 0 aromatic heterocycles. The molecule has 0 aromatic carbocycles. The first kappa shape index (κ1) is 12.0. The normalized spacial score (nSPS) is 22.5. The van der Waals surface area contributed by atoms with Gasteiger partial charge in [-0.1, -0.05) is 12.8 Å². The summed E-state index contributed by atoms with van der Waals surface area (Å²) >= 11 is 0. The smallest absolute Gasteiger partial charge is 0.0657 e. The minimum absolute atomic E-state index is 0.0367. The lowest BCUT2D eigenvalue weighted by molar-refractivity contribution is 0.0817. The Hall–Kier alpha value is -0.120. The second-order valence-corrected chi connectivity index (χ2v) is 4.53. The zero-order valence-corrected chi connectivity index (χ0v) is 9.51. The molecular formula is C11H24N2O. The Morgan fingerprint density at radius 1 is 1.43 bits per heavy atom. The number of hydrogen-bond acceptors (Lipinski definition) is 3. The predicted molar refractivity (Wildman–Crippen MR) is 59.3 cm³/mol. The van der Waals surface area contributed by atoms with Crippen LogP contribution in [0, 0.1) is 0 Å². The quantitative estimate of drug-likeness (QED) is 0.679. The molecule has 1 saturated carbocycles. The average molecular weight is 200 g/mol. The van der Waals surface area contributed by atoms with E-state index in [1.807, 2.05) is 6.92 Å². The van der Waals surface area contributed by atoms with E-state index in [0.29, 0.717) is 12.6 Å². The van der Waals surface area contributed by atoms with Crippen LogP contribution in [0.4, 0.5) is 0 Å². The van der Waals surface area contributed by atoms with E-state index in [4.69, 9.17) is 10.5 Å². The molecule has 0 bridgehead atoms. The highest BCUT2D eigenvalue weighted by Gasteiger charge is 2.27. The van der Waals surface area contributed by atoms with E-state index >= 15 is 0 Å². The van der Waals surface area contributed by atoms with Gasteiger partial charge in [-0.25, -0.2) is 0 Å². The molecule has 0 amide bonds. The number of rotatable bonds is 6. The molecule has 1 unspecified atom stereocenters. The summed E-state index contributed by atoms with van der Waals surface area (Å²) in [6.45, 7) is 6.30. The topological polar surface area (TPSA) is 47.3 Å². The largest absolute Gasteiger partial charge is 0.380 e. The van der Waals surface area contributed by atoms with Crippen LogP contribution < -0.4 is 11.1 Å².